The molecule has 0 amide bonds. The van der Waals surface area contributed by atoms with Crippen LogP contribution < -0.4 is 5.73 Å². The average Bonchev–Trinajstić information content (AvgIpc) is 2.34. The van der Waals surface area contributed by atoms with Crippen molar-refractivity contribution in [3.63, 3.8) is 0 Å². The monoisotopic (exact) mass is 285 g/mol. The van der Waals surface area contributed by atoms with Crippen LogP contribution in [0.15, 0.2) is 46.2 Å². The van der Waals surface area contributed by atoms with Crippen molar-refractivity contribution >= 4 is 11.8 Å². The quantitative estimate of drug-likeness (QED) is 0.884. The fraction of sp³-hybridized carbons (Fsp3) is 0.333. The molecule has 0 aliphatic rings. The lowest BCUT2D eigenvalue weighted by Crippen LogP contribution is -2.18. The van der Waals surface area contributed by atoms with E-state index in [9.17, 15) is 0 Å². The van der Waals surface area contributed by atoms with Gasteiger partial charge in [-0.3, -0.25) is 0 Å². The van der Waals surface area contributed by atoms with Crippen molar-refractivity contribution in [1.29, 1.82) is 0 Å². The van der Waals surface area contributed by atoms with Crippen LogP contribution in [0.2, 0.25) is 0 Å². The predicted octanol–water partition coefficient (Wildman–Crippen LogP) is 4.65. The Bertz CT molecular complexity index is 602. The molecule has 2 aromatic carbocycles. The Morgan fingerprint density at radius 1 is 0.950 bits per heavy atom. The van der Waals surface area contributed by atoms with E-state index >= 15 is 0 Å². The zero-order valence-electron chi connectivity index (χ0n) is 12.7. The van der Waals surface area contributed by atoms with Gasteiger partial charge in [0, 0.05) is 15.8 Å². The van der Waals surface area contributed by atoms with Crippen molar-refractivity contribution in [2.45, 2.75) is 49.9 Å². The SMILES string of the molecule is Cc1ccc(Sc2ccc(C)cc2CC(C)N)c(C)c1. The molecule has 0 aromatic heterocycles. The molecule has 0 spiro atoms. The van der Waals surface area contributed by atoms with Crippen molar-refractivity contribution in [3.8, 4) is 0 Å². The van der Waals surface area contributed by atoms with Crippen LogP contribution in [0.3, 0.4) is 0 Å². The van der Waals surface area contributed by atoms with Crippen LogP contribution >= 0.6 is 11.8 Å². The van der Waals surface area contributed by atoms with Crippen LogP contribution in [0.25, 0.3) is 0 Å². The number of benzene rings is 2. The van der Waals surface area contributed by atoms with Gasteiger partial charge in [0.1, 0.15) is 0 Å². The van der Waals surface area contributed by atoms with Gasteiger partial charge in [-0.1, -0.05) is 47.2 Å². The highest BCUT2D eigenvalue weighted by Crippen LogP contribution is 2.33. The van der Waals surface area contributed by atoms with Crippen LogP contribution in [-0.2, 0) is 6.42 Å². The third kappa shape index (κ3) is 3.87. The molecule has 0 aliphatic carbocycles. The lowest BCUT2D eigenvalue weighted by Gasteiger charge is -2.14. The van der Waals surface area contributed by atoms with E-state index in [0.717, 1.165) is 6.42 Å². The van der Waals surface area contributed by atoms with Gasteiger partial charge < -0.3 is 5.73 Å². The summed E-state index contributed by atoms with van der Waals surface area (Å²) in [6.45, 7) is 8.51. The van der Waals surface area contributed by atoms with Gasteiger partial charge in [-0.05, 0) is 57.4 Å². The van der Waals surface area contributed by atoms with E-state index in [1.807, 2.05) is 11.8 Å². The van der Waals surface area contributed by atoms with Gasteiger partial charge in [0.15, 0.2) is 0 Å². The van der Waals surface area contributed by atoms with Gasteiger partial charge in [0.05, 0.1) is 0 Å². The summed E-state index contributed by atoms with van der Waals surface area (Å²) in [6.07, 6.45) is 0.926. The standard InChI is InChI=1S/C18H23NS/c1-12-5-7-17(14(3)9-12)20-18-8-6-13(2)10-16(18)11-15(4)19/h5-10,15H,11,19H2,1-4H3. The zero-order valence-corrected chi connectivity index (χ0v) is 13.6. The smallest absolute Gasteiger partial charge is 0.0155 e. The normalized spacial score (nSPS) is 12.4. The summed E-state index contributed by atoms with van der Waals surface area (Å²) < 4.78 is 0. The first-order chi connectivity index (χ1) is 9.45. The van der Waals surface area contributed by atoms with Crippen LogP contribution in [0.5, 0.6) is 0 Å². The maximum atomic E-state index is 5.98. The average molecular weight is 285 g/mol. The molecule has 0 radical (unpaired) electrons. The van der Waals surface area contributed by atoms with Gasteiger partial charge in [0.2, 0.25) is 0 Å². The fourth-order valence-electron chi connectivity index (χ4n) is 2.35. The molecule has 106 valence electrons. The van der Waals surface area contributed by atoms with Crippen molar-refractivity contribution < 1.29 is 0 Å². The zero-order chi connectivity index (χ0) is 14.7. The minimum atomic E-state index is 0.190. The lowest BCUT2D eigenvalue weighted by molar-refractivity contribution is 0.729. The number of rotatable bonds is 4. The van der Waals surface area contributed by atoms with Gasteiger partial charge >= 0.3 is 0 Å². The molecule has 2 heteroatoms. The second-order valence-electron chi connectivity index (χ2n) is 5.66. The first-order valence-electron chi connectivity index (χ1n) is 7.06. The third-order valence-corrected chi connectivity index (χ3v) is 4.60. The molecule has 0 saturated carbocycles. The van der Waals surface area contributed by atoms with Gasteiger partial charge in [-0.2, -0.15) is 0 Å². The number of aryl methyl sites for hydroxylation is 3. The Morgan fingerprint density at radius 2 is 1.55 bits per heavy atom. The summed E-state index contributed by atoms with van der Waals surface area (Å²) >= 11 is 1.84. The molecule has 2 N–H and O–H groups in total. The maximum absolute atomic E-state index is 5.98. The van der Waals surface area contributed by atoms with Gasteiger partial charge in [0.25, 0.3) is 0 Å². The molecular weight excluding hydrogens is 262 g/mol. The predicted molar refractivity (Wildman–Crippen MR) is 88.6 cm³/mol. The van der Waals surface area contributed by atoms with Crippen LogP contribution in [0.4, 0.5) is 0 Å². The highest BCUT2D eigenvalue weighted by atomic mass is 32.2. The minimum absolute atomic E-state index is 0.190. The number of nitrogens with two attached hydrogens (primary N) is 1. The second-order valence-corrected chi connectivity index (χ2v) is 6.75. The molecule has 0 aliphatic heterocycles. The van der Waals surface area contributed by atoms with Crippen LogP contribution in [0, 0.1) is 20.8 Å². The van der Waals surface area contributed by atoms with Crippen molar-refractivity contribution in [2.75, 3.05) is 0 Å². The van der Waals surface area contributed by atoms with E-state index in [1.165, 1.54) is 32.0 Å². The lowest BCUT2D eigenvalue weighted by atomic mass is 10.1. The minimum Gasteiger partial charge on any atom is -0.328 e. The van der Waals surface area contributed by atoms with Crippen LogP contribution in [0.1, 0.15) is 29.2 Å². The summed E-state index contributed by atoms with van der Waals surface area (Å²) in [4.78, 5) is 2.64. The molecular formula is C18H23NS. The molecule has 0 heterocycles. The van der Waals surface area contributed by atoms with Gasteiger partial charge in [-0.25, -0.2) is 0 Å². The Kier molecular flexibility index (Phi) is 4.90. The van der Waals surface area contributed by atoms with E-state index in [1.54, 1.807) is 0 Å². The third-order valence-electron chi connectivity index (χ3n) is 3.31. The van der Waals surface area contributed by atoms with Crippen molar-refractivity contribution in [2.24, 2.45) is 5.73 Å². The highest BCUT2D eigenvalue weighted by Gasteiger charge is 2.08. The molecule has 2 rings (SSSR count). The number of hydrogen-bond donors (Lipinski definition) is 1. The molecule has 1 unspecified atom stereocenters. The largest absolute Gasteiger partial charge is 0.328 e. The van der Waals surface area contributed by atoms with E-state index < -0.39 is 0 Å². The Hall–Kier alpha value is -1.25. The molecule has 0 fully saturated rings. The molecule has 20 heavy (non-hydrogen) atoms. The molecule has 1 nitrogen and oxygen atoms in total. The summed E-state index contributed by atoms with van der Waals surface area (Å²) in [6, 6.07) is 13.5. The molecule has 1 atom stereocenters. The fourth-order valence-corrected chi connectivity index (χ4v) is 3.35. The van der Waals surface area contributed by atoms with E-state index in [-0.39, 0.29) is 6.04 Å². The molecule has 2 aromatic rings. The summed E-state index contributed by atoms with van der Waals surface area (Å²) in [5, 5.41) is 0. The summed E-state index contributed by atoms with van der Waals surface area (Å²) in [5.74, 6) is 0. The van der Waals surface area contributed by atoms with Crippen LogP contribution in [-0.4, -0.2) is 6.04 Å². The summed E-state index contributed by atoms with van der Waals surface area (Å²) in [7, 11) is 0. The Labute approximate surface area is 126 Å². The first kappa shape index (κ1) is 15.1. The summed E-state index contributed by atoms with van der Waals surface area (Å²) in [5.41, 5.74) is 11.3. The second kappa shape index (κ2) is 6.47. The van der Waals surface area contributed by atoms with E-state index in [4.69, 9.17) is 5.73 Å². The highest BCUT2D eigenvalue weighted by molar-refractivity contribution is 7.99. The Morgan fingerprint density at radius 3 is 2.15 bits per heavy atom. The topological polar surface area (TPSA) is 26.0 Å². The molecule has 0 saturated heterocycles. The van der Waals surface area contributed by atoms with Crippen molar-refractivity contribution in [3.05, 3.63) is 58.7 Å². The Balaban J connectivity index is 2.32. The number of hydrogen-bond acceptors (Lipinski definition) is 2. The van der Waals surface area contributed by atoms with Gasteiger partial charge in [-0.15, -0.1) is 0 Å². The van der Waals surface area contributed by atoms with E-state index in [0.29, 0.717) is 0 Å². The maximum Gasteiger partial charge on any atom is 0.0155 e. The first-order valence-corrected chi connectivity index (χ1v) is 7.87. The van der Waals surface area contributed by atoms with E-state index in [2.05, 4.69) is 64.1 Å². The molecule has 0 bridgehead atoms. The van der Waals surface area contributed by atoms with Crippen molar-refractivity contribution in [1.82, 2.24) is 0 Å².